The Balaban J connectivity index is 3.18. The van der Waals surface area contributed by atoms with E-state index in [1.807, 2.05) is 0 Å². The predicted octanol–water partition coefficient (Wildman–Crippen LogP) is 0.663. The van der Waals surface area contributed by atoms with Crippen molar-refractivity contribution in [1.82, 2.24) is 9.97 Å². The van der Waals surface area contributed by atoms with Gasteiger partial charge in [-0.25, -0.2) is 14.4 Å². The van der Waals surface area contributed by atoms with Crippen molar-refractivity contribution in [3.63, 3.8) is 0 Å². The minimum absolute atomic E-state index is 0.000782. The molecule has 1 aromatic rings. The van der Waals surface area contributed by atoms with Crippen LogP contribution in [0.15, 0.2) is 28.3 Å². The summed E-state index contributed by atoms with van der Waals surface area (Å²) in [6.45, 7) is 1.68. The zero-order chi connectivity index (χ0) is 16.7. The highest BCUT2D eigenvalue weighted by Gasteiger charge is 2.11. The number of hydrogen-bond acceptors (Lipinski definition) is 7. The molecule has 0 aliphatic heterocycles. The van der Waals surface area contributed by atoms with Crippen molar-refractivity contribution in [2.75, 3.05) is 21.3 Å². The van der Waals surface area contributed by atoms with Crippen LogP contribution >= 0.6 is 0 Å². The lowest BCUT2D eigenvalue weighted by Crippen LogP contribution is -2.17. The Labute approximate surface area is 126 Å². The second-order valence-corrected chi connectivity index (χ2v) is 4.11. The number of carbonyl (C=O) groups is 2. The molecule has 1 heterocycles. The number of hydrogen-bond donors (Lipinski definition) is 1. The van der Waals surface area contributed by atoms with Crippen LogP contribution in [0.5, 0.6) is 0 Å². The lowest BCUT2D eigenvalue weighted by atomic mass is 10.2. The highest BCUT2D eigenvalue weighted by molar-refractivity contribution is 5.88. The van der Waals surface area contributed by atoms with Crippen LogP contribution in [0.25, 0.3) is 6.08 Å². The van der Waals surface area contributed by atoms with Crippen LogP contribution in [-0.2, 0) is 19.0 Å². The summed E-state index contributed by atoms with van der Waals surface area (Å²) in [6, 6.07) is 1.36. The fourth-order valence-electron chi connectivity index (χ4n) is 1.56. The second-order valence-electron chi connectivity index (χ2n) is 4.11. The van der Waals surface area contributed by atoms with Gasteiger partial charge in [0.25, 0.3) is 0 Å². The van der Waals surface area contributed by atoms with Gasteiger partial charge in [0.1, 0.15) is 0 Å². The Morgan fingerprint density at radius 3 is 2.41 bits per heavy atom. The van der Waals surface area contributed by atoms with E-state index in [0.717, 1.165) is 0 Å². The van der Waals surface area contributed by atoms with Crippen molar-refractivity contribution in [3.8, 4) is 0 Å². The van der Waals surface area contributed by atoms with Gasteiger partial charge >= 0.3 is 17.6 Å². The molecule has 0 fully saturated rings. The maximum absolute atomic E-state index is 11.4. The van der Waals surface area contributed by atoms with E-state index < -0.39 is 17.6 Å². The van der Waals surface area contributed by atoms with Crippen molar-refractivity contribution in [2.45, 2.75) is 6.92 Å². The summed E-state index contributed by atoms with van der Waals surface area (Å²) in [4.78, 5) is 40.2. The SMILES string of the molecule is COC(=O)/C(=C/C(C)=C/c1cc(C(=O)OC)nc(=O)[nH]1)OC. The minimum Gasteiger partial charge on any atom is -0.490 e. The molecule has 0 bridgehead atoms. The number of rotatable bonds is 5. The number of aromatic nitrogens is 2. The van der Waals surface area contributed by atoms with Gasteiger partial charge in [-0.2, -0.15) is 4.98 Å². The normalized spacial score (nSPS) is 11.8. The molecule has 0 amide bonds. The molecule has 0 saturated carbocycles. The van der Waals surface area contributed by atoms with Crippen molar-refractivity contribution >= 4 is 18.0 Å². The fraction of sp³-hybridized carbons (Fsp3) is 0.286. The average molecular weight is 308 g/mol. The number of nitrogens with one attached hydrogen (secondary N) is 1. The molecule has 0 atom stereocenters. The summed E-state index contributed by atoms with van der Waals surface area (Å²) in [6.07, 6.45) is 2.97. The average Bonchev–Trinajstić information content (AvgIpc) is 2.50. The molecule has 1 aromatic heterocycles. The van der Waals surface area contributed by atoms with Crippen LogP contribution in [0.3, 0.4) is 0 Å². The van der Waals surface area contributed by atoms with Gasteiger partial charge < -0.3 is 19.2 Å². The van der Waals surface area contributed by atoms with E-state index in [1.165, 1.54) is 39.5 Å². The Bertz CT molecular complexity index is 687. The second kappa shape index (κ2) is 7.77. The Morgan fingerprint density at radius 1 is 1.18 bits per heavy atom. The van der Waals surface area contributed by atoms with Gasteiger partial charge in [0.2, 0.25) is 5.76 Å². The van der Waals surface area contributed by atoms with E-state index in [9.17, 15) is 14.4 Å². The number of allylic oxidation sites excluding steroid dienone is 2. The van der Waals surface area contributed by atoms with Crippen LogP contribution in [0.1, 0.15) is 23.1 Å². The van der Waals surface area contributed by atoms with Gasteiger partial charge in [0, 0.05) is 5.69 Å². The van der Waals surface area contributed by atoms with Crippen LogP contribution in [0.2, 0.25) is 0 Å². The van der Waals surface area contributed by atoms with E-state index in [0.29, 0.717) is 11.3 Å². The van der Waals surface area contributed by atoms with Crippen LogP contribution in [0.4, 0.5) is 0 Å². The first kappa shape index (κ1) is 17.2. The maximum atomic E-state index is 11.4. The summed E-state index contributed by atoms with van der Waals surface area (Å²) in [5.41, 5.74) is 0.106. The van der Waals surface area contributed by atoms with Gasteiger partial charge in [-0.15, -0.1) is 0 Å². The van der Waals surface area contributed by atoms with E-state index in [2.05, 4.69) is 19.4 Å². The quantitative estimate of drug-likeness (QED) is 0.368. The third-order valence-electron chi connectivity index (χ3n) is 2.51. The molecule has 22 heavy (non-hydrogen) atoms. The third kappa shape index (κ3) is 4.58. The predicted molar refractivity (Wildman–Crippen MR) is 77.0 cm³/mol. The van der Waals surface area contributed by atoms with Gasteiger partial charge in [-0.3, -0.25) is 0 Å². The number of methoxy groups -OCH3 is 3. The Morgan fingerprint density at radius 2 is 1.86 bits per heavy atom. The maximum Gasteiger partial charge on any atom is 0.373 e. The lowest BCUT2D eigenvalue weighted by Gasteiger charge is -2.04. The first-order valence-electron chi connectivity index (χ1n) is 6.13. The number of ether oxygens (including phenoxy) is 3. The molecule has 1 N–H and O–H groups in total. The van der Waals surface area contributed by atoms with E-state index >= 15 is 0 Å². The number of nitrogens with zero attached hydrogens (tertiary/aromatic N) is 1. The fourth-order valence-corrected chi connectivity index (χ4v) is 1.56. The first-order chi connectivity index (χ1) is 10.4. The molecule has 1 rings (SSSR count). The molecule has 0 aromatic carbocycles. The highest BCUT2D eigenvalue weighted by atomic mass is 16.6. The van der Waals surface area contributed by atoms with Crippen molar-refractivity contribution < 1.29 is 23.8 Å². The van der Waals surface area contributed by atoms with E-state index in [1.54, 1.807) is 6.92 Å². The molecule has 8 nitrogen and oxygen atoms in total. The van der Waals surface area contributed by atoms with Gasteiger partial charge in [-0.1, -0.05) is 0 Å². The molecule has 8 heteroatoms. The van der Waals surface area contributed by atoms with Crippen LogP contribution < -0.4 is 5.69 Å². The monoisotopic (exact) mass is 308 g/mol. The number of carbonyl (C=O) groups excluding carboxylic acids is 2. The van der Waals surface area contributed by atoms with E-state index in [-0.39, 0.29) is 11.5 Å². The molecule has 0 spiro atoms. The third-order valence-corrected chi connectivity index (χ3v) is 2.51. The Hall–Kier alpha value is -2.90. The summed E-state index contributed by atoms with van der Waals surface area (Å²) >= 11 is 0. The topological polar surface area (TPSA) is 108 Å². The van der Waals surface area contributed by atoms with Crippen molar-refractivity contribution in [3.05, 3.63) is 45.3 Å². The molecule has 0 aliphatic carbocycles. The molecule has 0 radical (unpaired) electrons. The molecule has 118 valence electrons. The standard InChI is InChI=1S/C14H16N2O6/c1-8(6-11(20-2)13(18)22-4)5-9-7-10(12(17)21-3)16-14(19)15-9/h5-7H,1-4H3,(H,15,16,19)/b8-5+,11-6-. The van der Waals surface area contributed by atoms with Gasteiger partial charge in [0.15, 0.2) is 5.69 Å². The molecule has 0 aliphatic rings. The zero-order valence-electron chi connectivity index (χ0n) is 12.6. The molecule has 0 unspecified atom stereocenters. The zero-order valence-corrected chi connectivity index (χ0v) is 12.6. The van der Waals surface area contributed by atoms with Gasteiger partial charge in [-0.05, 0) is 30.7 Å². The lowest BCUT2D eigenvalue weighted by molar-refractivity contribution is -0.139. The molecular formula is C14H16N2O6. The first-order valence-corrected chi connectivity index (χ1v) is 6.13. The van der Waals surface area contributed by atoms with Crippen LogP contribution in [0, 0.1) is 0 Å². The largest absolute Gasteiger partial charge is 0.490 e. The highest BCUT2D eigenvalue weighted by Crippen LogP contribution is 2.09. The summed E-state index contributed by atoms with van der Waals surface area (Å²) in [5, 5.41) is 0. The Kier molecular flexibility index (Phi) is 6.06. The van der Waals surface area contributed by atoms with Crippen molar-refractivity contribution in [2.24, 2.45) is 0 Å². The summed E-state index contributed by atoms with van der Waals surface area (Å²) in [7, 11) is 3.76. The van der Waals surface area contributed by atoms with Crippen LogP contribution in [-0.4, -0.2) is 43.2 Å². The molecule has 0 saturated heterocycles. The summed E-state index contributed by atoms with van der Waals surface area (Å²) in [5.74, 6) is -1.35. The number of aromatic amines is 1. The molecular weight excluding hydrogens is 292 g/mol. The smallest absolute Gasteiger partial charge is 0.373 e. The summed E-state index contributed by atoms with van der Waals surface area (Å²) < 4.78 is 14.0. The number of H-pyrrole nitrogens is 1. The van der Waals surface area contributed by atoms with Crippen molar-refractivity contribution in [1.29, 1.82) is 0 Å². The minimum atomic E-state index is -0.721. The number of esters is 2. The van der Waals surface area contributed by atoms with E-state index in [4.69, 9.17) is 4.74 Å². The van der Waals surface area contributed by atoms with Gasteiger partial charge in [0.05, 0.1) is 21.3 Å².